The second-order valence-corrected chi connectivity index (χ2v) is 6.62. The highest BCUT2D eigenvalue weighted by molar-refractivity contribution is 6.30. The lowest BCUT2D eigenvalue weighted by Gasteiger charge is -2.13. The number of ether oxygens (including phenoxy) is 2. The summed E-state index contributed by atoms with van der Waals surface area (Å²) in [7, 11) is 0. The second-order valence-electron chi connectivity index (χ2n) is 6.18. The number of amides is 1. The Morgan fingerprint density at radius 1 is 1.15 bits per heavy atom. The standard InChI is InChI=1S/C21H27ClN2O3/c1-3-26-12-4-11-23-14-17-13-18(22)7-10-20(17)27-15-21(25)24-19-8-5-16(2)6-9-19/h5-10,13,23H,3-4,11-12,14-15H2,1-2H3,(H,24,25). The lowest BCUT2D eigenvalue weighted by molar-refractivity contribution is -0.118. The first-order valence-electron chi connectivity index (χ1n) is 9.14. The van der Waals surface area contributed by atoms with Crippen LogP contribution in [0.4, 0.5) is 5.69 Å². The molecule has 146 valence electrons. The first-order valence-corrected chi connectivity index (χ1v) is 9.52. The van der Waals surface area contributed by atoms with Crippen molar-refractivity contribution in [2.45, 2.75) is 26.8 Å². The molecular weight excluding hydrogens is 364 g/mol. The molecule has 6 heteroatoms. The summed E-state index contributed by atoms with van der Waals surface area (Å²) in [5.74, 6) is 0.445. The quantitative estimate of drug-likeness (QED) is 0.565. The number of aryl methyl sites for hydroxylation is 1. The molecule has 0 atom stereocenters. The Morgan fingerprint density at radius 2 is 1.93 bits per heavy atom. The molecule has 0 bridgehead atoms. The van der Waals surface area contributed by atoms with Gasteiger partial charge in [0.05, 0.1) is 0 Å². The molecule has 0 aliphatic heterocycles. The molecule has 2 N–H and O–H groups in total. The fourth-order valence-electron chi connectivity index (χ4n) is 2.47. The van der Waals surface area contributed by atoms with Crippen LogP contribution in [0.3, 0.4) is 0 Å². The molecule has 0 aromatic heterocycles. The summed E-state index contributed by atoms with van der Waals surface area (Å²) in [6.07, 6.45) is 0.934. The highest BCUT2D eigenvalue weighted by atomic mass is 35.5. The Kier molecular flexibility index (Phi) is 9.11. The molecule has 1 amide bonds. The van der Waals surface area contributed by atoms with Crippen molar-refractivity contribution in [2.24, 2.45) is 0 Å². The SMILES string of the molecule is CCOCCCNCc1cc(Cl)ccc1OCC(=O)Nc1ccc(C)cc1. The van der Waals surface area contributed by atoms with E-state index >= 15 is 0 Å². The molecule has 0 radical (unpaired) electrons. The van der Waals surface area contributed by atoms with Gasteiger partial charge in [0.25, 0.3) is 5.91 Å². The number of anilines is 1. The predicted molar refractivity (Wildman–Crippen MR) is 110 cm³/mol. The Balaban J connectivity index is 1.83. The molecule has 0 heterocycles. The maximum Gasteiger partial charge on any atom is 0.262 e. The van der Waals surface area contributed by atoms with Crippen molar-refractivity contribution in [3.8, 4) is 5.75 Å². The number of benzene rings is 2. The third kappa shape index (κ3) is 7.99. The van der Waals surface area contributed by atoms with Gasteiger partial charge in [-0.15, -0.1) is 0 Å². The molecule has 0 saturated heterocycles. The van der Waals surface area contributed by atoms with Gasteiger partial charge in [0, 0.05) is 36.0 Å². The zero-order valence-electron chi connectivity index (χ0n) is 15.9. The molecular formula is C21H27ClN2O3. The maximum absolute atomic E-state index is 12.1. The van der Waals surface area contributed by atoms with Crippen molar-refractivity contribution in [1.29, 1.82) is 0 Å². The fraction of sp³-hybridized carbons (Fsp3) is 0.381. The molecule has 0 fully saturated rings. The summed E-state index contributed by atoms with van der Waals surface area (Å²) < 4.78 is 11.0. The lowest BCUT2D eigenvalue weighted by Crippen LogP contribution is -2.21. The Bertz CT molecular complexity index is 720. The van der Waals surface area contributed by atoms with Crippen LogP contribution in [0.25, 0.3) is 0 Å². The minimum Gasteiger partial charge on any atom is -0.483 e. The third-order valence-corrected chi connectivity index (χ3v) is 4.11. The molecule has 0 aliphatic carbocycles. The van der Waals surface area contributed by atoms with Crippen LogP contribution in [-0.4, -0.2) is 32.3 Å². The smallest absolute Gasteiger partial charge is 0.262 e. The van der Waals surface area contributed by atoms with Gasteiger partial charge in [0.15, 0.2) is 6.61 Å². The van der Waals surface area contributed by atoms with Gasteiger partial charge in [-0.05, 0) is 57.1 Å². The van der Waals surface area contributed by atoms with Crippen molar-refractivity contribution in [3.05, 3.63) is 58.6 Å². The van der Waals surface area contributed by atoms with Crippen molar-refractivity contribution >= 4 is 23.2 Å². The number of carbonyl (C=O) groups is 1. The second kappa shape index (κ2) is 11.6. The van der Waals surface area contributed by atoms with Gasteiger partial charge in [-0.25, -0.2) is 0 Å². The highest BCUT2D eigenvalue weighted by Crippen LogP contribution is 2.23. The van der Waals surface area contributed by atoms with Gasteiger partial charge < -0.3 is 20.1 Å². The van der Waals surface area contributed by atoms with Crippen LogP contribution in [0, 0.1) is 6.92 Å². The number of carbonyl (C=O) groups excluding carboxylic acids is 1. The van der Waals surface area contributed by atoms with E-state index in [1.54, 1.807) is 12.1 Å². The highest BCUT2D eigenvalue weighted by Gasteiger charge is 2.08. The first-order chi connectivity index (χ1) is 13.1. The number of halogens is 1. The normalized spacial score (nSPS) is 10.6. The fourth-order valence-corrected chi connectivity index (χ4v) is 2.67. The zero-order valence-corrected chi connectivity index (χ0v) is 16.6. The van der Waals surface area contributed by atoms with E-state index in [0.29, 0.717) is 17.3 Å². The monoisotopic (exact) mass is 390 g/mol. The summed E-state index contributed by atoms with van der Waals surface area (Å²) >= 11 is 6.10. The van der Waals surface area contributed by atoms with Gasteiger partial charge in [-0.2, -0.15) is 0 Å². The van der Waals surface area contributed by atoms with Crippen LogP contribution >= 0.6 is 11.6 Å². The van der Waals surface area contributed by atoms with E-state index in [9.17, 15) is 4.79 Å². The van der Waals surface area contributed by atoms with E-state index in [1.807, 2.05) is 44.2 Å². The van der Waals surface area contributed by atoms with Crippen LogP contribution in [0.15, 0.2) is 42.5 Å². The van der Waals surface area contributed by atoms with E-state index < -0.39 is 0 Å². The van der Waals surface area contributed by atoms with Crippen LogP contribution in [0.5, 0.6) is 5.75 Å². The van der Waals surface area contributed by atoms with Crippen molar-refractivity contribution in [3.63, 3.8) is 0 Å². The molecule has 2 aromatic carbocycles. The topological polar surface area (TPSA) is 59.6 Å². The molecule has 2 aromatic rings. The predicted octanol–water partition coefficient (Wildman–Crippen LogP) is 4.18. The molecule has 0 spiro atoms. The van der Waals surface area contributed by atoms with Gasteiger partial charge in [-0.1, -0.05) is 29.3 Å². The number of rotatable bonds is 11. The average molecular weight is 391 g/mol. The summed E-state index contributed by atoms with van der Waals surface area (Å²) in [5, 5.41) is 6.80. The van der Waals surface area contributed by atoms with Gasteiger partial charge >= 0.3 is 0 Å². The summed E-state index contributed by atoms with van der Waals surface area (Å²) in [4.78, 5) is 12.1. The number of hydrogen-bond donors (Lipinski definition) is 2. The molecule has 2 rings (SSSR count). The van der Waals surface area contributed by atoms with E-state index in [2.05, 4.69) is 10.6 Å². The minimum atomic E-state index is -0.204. The van der Waals surface area contributed by atoms with Crippen LogP contribution in [0.1, 0.15) is 24.5 Å². The molecule has 5 nitrogen and oxygen atoms in total. The van der Waals surface area contributed by atoms with E-state index in [-0.39, 0.29) is 12.5 Å². The maximum atomic E-state index is 12.1. The molecule has 0 unspecified atom stereocenters. The largest absolute Gasteiger partial charge is 0.483 e. The summed E-state index contributed by atoms with van der Waals surface area (Å²) in [6.45, 7) is 6.84. The first kappa shape index (κ1) is 21.2. The summed E-state index contributed by atoms with van der Waals surface area (Å²) in [5.41, 5.74) is 2.81. The number of hydrogen-bond acceptors (Lipinski definition) is 4. The van der Waals surface area contributed by atoms with E-state index in [0.717, 1.165) is 43.0 Å². The lowest BCUT2D eigenvalue weighted by atomic mass is 10.2. The van der Waals surface area contributed by atoms with E-state index in [4.69, 9.17) is 21.1 Å². The Labute approximate surface area is 166 Å². The van der Waals surface area contributed by atoms with Crippen molar-refractivity contribution in [1.82, 2.24) is 5.32 Å². The van der Waals surface area contributed by atoms with Crippen LogP contribution in [-0.2, 0) is 16.1 Å². The van der Waals surface area contributed by atoms with Gasteiger partial charge in [-0.3, -0.25) is 4.79 Å². The Hall–Kier alpha value is -2.08. The van der Waals surface area contributed by atoms with Gasteiger partial charge in [0.2, 0.25) is 0 Å². The Morgan fingerprint density at radius 3 is 2.67 bits per heavy atom. The minimum absolute atomic E-state index is 0.0626. The van der Waals surface area contributed by atoms with Crippen LogP contribution in [0.2, 0.25) is 5.02 Å². The molecule has 0 saturated carbocycles. The van der Waals surface area contributed by atoms with Crippen molar-refractivity contribution < 1.29 is 14.3 Å². The van der Waals surface area contributed by atoms with Crippen molar-refractivity contribution in [2.75, 3.05) is 31.7 Å². The number of nitrogens with one attached hydrogen (secondary N) is 2. The average Bonchev–Trinajstić information content (AvgIpc) is 2.65. The summed E-state index contributed by atoms with van der Waals surface area (Å²) in [6, 6.07) is 13.0. The van der Waals surface area contributed by atoms with Crippen LogP contribution < -0.4 is 15.4 Å². The third-order valence-electron chi connectivity index (χ3n) is 3.88. The van der Waals surface area contributed by atoms with E-state index in [1.165, 1.54) is 0 Å². The zero-order chi connectivity index (χ0) is 19.5. The molecule has 27 heavy (non-hydrogen) atoms. The molecule has 0 aliphatic rings. The van der Waals surface area contributed by atoms with Gasteiger partial charge in [0.1, 0.15) is 5.75 Å².